The first-order valence-corrected chi connectivity index (χ1v) is 26.6. The average molecular weight is 1000 g/mol. The third-order valence-electron chi connectivity index (χ3n) is 18.4. The molecule has 71 heavy (non-hydrogen) atoms. The minimum absolute atomic E-state index is 0.00674. The number of nitrogens with one attached hydrogen (secondary N) is 4. The predicted molar refractivity (Wildman–Crippen MR) is 266 cm³/mol. The van der Waals surface area contributed by atoms with Gasteiger partial charge in [-0.2, -0.15) is 0 Å². The molecule has 4 unspecified atom stereocenters. The fourth-order valence-electron chi connectivity index (χ4n) is 14.3. The lowest BCUT2D eigenvalue weighted by Crippen LogP contribution is -2.62. The summed E-state index contributed by atoms with van der Waals surface area (Å²) in [5.74, 6) is -2.16. The summed E-state index contributed by atoms with van der Waals surface area (Å²) in [6.45, 7) is 11.9. The molecule has 0 bridgehead atoms. The number of ketones is 1. The molecular formula is C55H75ClFN5O9. The summed E-state index contributed by atoms with van der Waals surface area (Å²) in [6.07, 6.45) is 7.85. The molecule has 8 rings (SSSR count). The Morgan fingerprint density at radius 2 is 1.61 bits per heavy atom. The van der Waals surface area contributed by atoms with Crippen molar-refractivity contribution in [1.29, 1.82) is 0 Å². The van der Waals surface area contributed by atoms with Crippen LogP contribution in [0.5, 0.6) is 0 Å². The topological polar surface area (TPSA) is 220 Å². The summed E-state index contributed by atoms with van der Waals surface area (Å²) < 4.78 is 19.6. The molecule has 7 N–H and O–H groups in total. The van der Waals surface area contributed by atoms with Crippen molar-refractivity contribution in [1.82, 2.24) is 25.9 Å². The number of carbonyl (C=O) groups is 5. The highest BCUT2D eigenvalue weighted by Crippen LogP contribution is 2.68. The number of halogens is 2. The molecule has 5 aliphatic carbocycles. The quantitative estimate of drug-likeness (QED) is 0.0557. The van der Waals surface area contributed by atoms with E-state index in [0.717, 1.165) is 32.1 Å². The number of hydrogen-bond acceptors (Lipinski definition) is 10. The Morgan fingerprint density at radius 1 is 0.887 bits per heavy atom. The Balaban J connectivity index is 0.804. The first kappa shape index (κ1) is 52.9. The molecule has 3 amide bonds. The van der Waals surface area contributed by atoms with E-state index in [9.17, 15) is 43.7 Å². The van der Waals surface area contributed by atoms with Crippen LogP contribution in [-0.2, 0) is 30.3 Å². The highest BCUT2D eigenvalue weighted by Gasteiger charge is 2.65. The number of aromatic nitrogens is 2. The molecule has 14 nitrogen and oxygen atoms in total. The van der Waals surface area contributed by atoms with Crippen LogP contribution in [0.3, 0.4) is 0 Å². The molecule has 0 saturated heterocycles. The van der Waals surface area contributed by atoms with Gasteiger partial charge in [0.25, 0.3) is 5.91 Å². The van der Waals surface area contributed by atoms with Gasteiger partial charge in [0.15, 0.2) is 5.78 Å². The van der Waals surface area contributed by atoms with Crippen molar-refractivity contribution in [2.75, 3.05) is 0 Å². The maximum Gasteiger partial charge on any atom is 0.328 e. The summed E-state index contributed by atoms with van der Waals surface area (Å²) in [5, 5.41) is 43.7. The second kappa shape index (κ2) is 21.6. The number of hydrogen-bond donors (Lipinski definition) is 7. The molecule has 3 aromatic rings. The number of pyridine rings is 1. The van der Waals surface area contributed by atoms with E-state index < -0.39 is 66.0 Å². The normalized spacial score (nSPS) is 33.1. The van der Waals surface area contributed by atoms with Crippen molar-refractivity contribution in [3.05, 3.63) is 64.8 Å². The number of aromatic amines is 1. The first-order chi connectivity index (χ1) is 33.7. The van der Waals surface area contributed by atoms with Gasteiger partial charge in [-0.3, -0.25) is 19.2 Å². The number of benzene rings is 1. The third-order valence-corrected chi connectivity index (χ3v) is 18.6. The third kappa shape index (κ3) is 11.1. The zero-order valence-electron chi connectivity index (χ0n) is 42.1. The maximum absolute atomic E-state index is 14.1. The van der Waals surface area contributed by atoms with Crippen LogP contribution in [0.4, 0.5) is 4.39 Å². The van der Waals surface area contributed by atoms with Gasteiger partial charge in [0.1, 0.15) is 34.9 Å². The standard InChI is InChI=1S/C55H75ClFN5O9/c1-28(2)49(62-47(66)18-7-29(3)38-16-17-39-48-40(26-45(65)55(38,39)6)54(5)20-19-36(63)24-34(54)25-44(48)64)52(69)59-30(4)53(70)71-37-14-10-32(11-15-37)50(67)41(21-31-8-12-35(57)13-9-31)61-51(68)42-22-33-23-46(56)58-27-43(33)60-42/h8-9,12-13,22-23,27-30,32,34,36-41,44-45,48-49,60,63-65H,7,10-11,14-21,24-26H2,1-6H3,(H,59,69)(H,61,68)(H,62,66)/t29-,30+,32?,34?,36-,37?,38-,39?,40?,41+,44-,45+,48?,49+,54+,55-/m1/s1. The van der Waals surface area contributed by atoms with Crippen molar-refractivity contribution in [2.24, 2.45) is 58.2 Å². The van der Waals surface area contributed by atoms with E-state index in [1.807, 2.05) is 13.8 Å². The van der Waals surface area contributed by atoms with Gasteiger partial charge in [-0.15, -0.1) is 0 Å². The fourth-order valence-corrected chi connectivity index (χ4v) is 14.5. The number of amides is 3. The summed E-state index contributed by atoms with van der Waals surface area (Å²) in [5.41, 5.74) is 1.12. The number of fused-ring (bicyclic) bond motifs is 6. The molecule has 1 aromatic carbocycles. The lowest BCUT2D eigenvalue weighted by atomic mass is 9.43. The lowest BCUT2D eigenvalue weighted by molar-refractivity contribution is -0.207. The van der Waals surface area contributed by atoms with Crippen LogP contribution in [0.1, 0.15) is 141 Å². The van der Waals surface area contributed by atoms with Crippen molar-refractivity contribution in [3.63, 3.8) is 0 Å². The minimum Gasteiger partial charge on any atom is -0.461 e. The molecule has 5 saturated carbocycles. The highest BCUT2D eigenvalue weighted by molar-refractivity contribution is 6.30. The number of H-pyrrole nitrogens is 1. The van der Waals surface area contributed by atoms with Gasteiger partial charge in [0.05, 0.1) is 36.1 Å². The zero-order valence-corrected chi connectivity index (χ0v) is 42.9. The van der Waals surface area contributed by atoms with E-state index in [1.165, 1.54) is 18.3 Å². The molecular weight excluding hydrogens is 929 g/mol. The summed E-state index contributed by atoms with van der Waals surface area (Å²) >= 11 is 6.04. The van der Waals surface area contributed by atoms with Crippen LogP contribution in [-0.4, -0.2) is 97.3 Å². The lowest BCUT2D eigenvalue weighted by Gasteiger charge is -2.63. The number of rotatable bonds is 16. The van der Waals surface area contributed by atoms with E-state index in [4.69, 9.17) is 16.3 Å². The Labute approximate surface area is 421 Å². The van der Waals surface area contributed by atoms with E-state index in [1.54, 1.807) is 31.2 Å². The van der Waals surface area contributed by atoms with Gasteiger partial charge in [-0.05, 0) is 172 Å². The molecule has 5 fully saturated rings. The van der Waals surface area contributed by atoms with E-state index in [2.05, 4.69) is 46.7 Å². The molecule has 2 aromatic heterocycles. The van der Waals surface area contributed by atoms with Gasteiger partial charge in [-0.25, -0.2) is 14.2 Å². The van der Waals surface area contributed by atoms with E-state index in [-0.39, 0.29) is 93.7 Å². The zero-order chi connectivity index (χ0) is 51.1. The Bertz CT molecular complexity index is 2430. The minimum atomic E-state index is -1.01. The number of nitrogens with zero attached hydrogens (tertiary/aromatic N) is 1. The monoisotopic (exact) mass is 1000 g/mol. The van der Waals surface area contributed by atoms with Crippen LogP contribution in [0.15, 0.2) is 42.6 Å². The number of ether oxygens (including phenoxy) is 1. The molecule has 5 aliphatic rings. The number of aliphatic hydroxyl groups excluding tert-OH is 3. The van der Waals surface area contributed by atoms with Crippen molar-refractivity contribution in [3.8, 4) is 0 Å². The Hall–Kier alpha value is -4.44. The van der Waals surface area contributed by atoms with Gasteiger partial charge in [-0.1, -0.05) is 58.4 Å². The summed E-state index contributed by atoms with van der Waals surface area (Å²) in [7, 11) is 0. The van der Waals surface area contributed by atoms with Crippen LogP contribution >= 0.6 is 11.6 Å². The molecule has 388 valence electrons. The predicted octanol–water partition coefficient (Wildman–Crippen LogP) is 7.39. The van der Waals surface area contributed by atoms with Crippen molar-refractivity contribution < 1.29 is 48.4 Å². The molecule has 14 atom stereocenters. The van der Waals surface area contributed by atoms with Crippen LogP contribution in [0.25, 0.3) is 10.9 Å². The van der Waals surface area contributed by atoms with Crippen LogP contribution in [0.2, 0.25) is 5.15 Å². The van der Waals surface area contributed by atoms with Gasteiger partial charge in [0.2, 0.25) is 11.8 Å². The first-order valence-electron chi connectivity index (χ1n) is 26.2. The number of carbonyl (C=O) groups excluding carboxylic acids is 5. The molecule has 0 radical (unpaired) electrons. The van der Waals surface area contributed by atoms with Crippen molar-refractivity contribution >= 4 is 52.0 Å². The Kier molecular flexibility index (Phi) is 16.1. The van der Waals surface area contributed by atoms with Crippen LogP contribution in [0, 0.1) is 64.0 Å². The highest BCUT2D eigenvalue weighted by atomic mass is 35.5. The Morgan fingerprint density at radius 3 is 2.31 bits per heavy atom. The molecule has 0 aliphatic heterocycles. The number of aliphatic hydroxyl groups is 3. The smallest absolute Gasteiger partial charge is 0.328 e. The van der Waals surface area contributed by atoms with E-state index in [0.29, 0.717) is 61.4 Å². The molecule has 2 heterocycles. The molecule has 0 spiro atoms. The van der Waals surface area contributed by atoms with Gasteiger partial charge >= 0.3 is 5.97 Å². The van der Waals surface area contributed by atoms with E-state index >= 15 is 0 Å². The SMILES string of the molecule is CC(C)[C@H](NC(=O)CC[C@@H](C)[C@H]1CCC2C3C(C[C@H](O)[C@@]21C)[C@@]1(C)CC[C@@H](O)CC1C[C@H]3O)C(=O)N[C@@H](C)C(=O)OC1CCC(C(=O)[C@H](Cc2ccc(F)cc2)NC(=O)c2cc3cc(Cl)ncc3[nH]2)CC1. The number of Topliss-reactive ketones (excluding diaryl/α,β-unsaturated/α-hetero) is 1. The maximum atomic E-state index is 14.1. The number of esters is 1. The molecule has 16 heteroatoms. The second-order valence-corrected chi connectivity index (χ2v) is 23.4. The summed E-state index contributed by atoms with van der Waals surface area (Å²) in [6, 6.07) is 6.22. The fraction of sp³-hybridized carbons (Fsp3) is 0.673. The summed E-state index contributed by atoms with van der Waals surface area (Å²) in [4.78, 5) is 75.2. The van der Waals surface area contributed by atoms with Gasteiger partial charge in [0, 0.05) is 17.7 Å². The van der Waals surface area contributed by atoms with Gasteiger partial charge < -0.3 is 41.0 Å². The average Bonchev–Trinajstić information content (AvgIpc) is 3.92. The van der Waals surface area contributed by atoms with Crippen LogP contribution < -0.4 is 16.0 Å². The largest absolute Gasteiger partial charge is 0.461 e. The van der Waals surface area contributed by atoms with Crippen molar-refractivity contribution in [2.45, 2.75) is 174 Å². The second-order valence-electron chi connectivity index (χ2n) is 23.0.